The van der Waals surface area contributed by atoms with Crippen LogP contribution >= 0.6 is 11.8 Å². The van der Waals surface area contributed by atoms with Crippen LogP contribution in [0.3, 0.4) is 0 Å². The van der Waals surface area contributed by atoms with Crippen LogP contribution in [0.15, 0.2) is 29.2 Å². The van der Waals surface area contributed by atoms with E-state index >= 15 is 0 Å². The first-order chi connectivity index (χ1) is 7.36. The van der Waals surface area contributed by atoms with Crippen LogP contribution in [0.25, 0.3) is 0 Å². The number of rotatable bonds is 7. The van der Waals surface area contributed by atoms with Crippen LogP contribution in [0, 0.1) is 6.42 Å². The van der Waals surface area contributed by atoms with Gasteiger partial charge in [0, 0.05) is 4.90 Å². The minimum Gasteiger partial charge on any atom is -0.126 e. The Balaban J connectivity index is 2.20. The third-order valence-electron chi connectivity index (χ3n) is 2.49. The van der Waals surface area contributed by atoms with Crippen molar-refractivity contribution in [3.8, 4) is 0 Å². The molecule has 1 aromatic rings. The Hall–Kier alpha value is -0.430. The number of hydrogen-bond acceptors (Lipinski definition) is 1. The normalized spacial score (nSPS) is 10.5. The molecule has 0 saturated carbocycles. The molecule has 0 aliphatic heterocycles. The number of hydrogen-bond donors (Lipinski definition) is 0. The van der Waals surface area contributed by atoms with Gasteiger partial charge in [-0.1, -0.05) is 38.8 Å². The number of unbranched alkanes of at least 4 members (excludes halogenated alkanes) is 3. The minimum absolute atomic E-state index is 1.14. The van der Waals surface area contributed by atoms with Crippen molar-refractivity contribution in [1.29, 1.82) is 0 Å². The summed E-state index contributed by atoms with van der Waals surface area (Å²) in [6.45, 7) is 4.33. The maximum atomic E-state index is 2.25. The Bertz CT molecular complexity index is 251. The Kier molecular flexibility index (Phi) is 6.58. The fourth-order valence-electron chi connectivity index (χ4n) is 1.46. The molecule has 0 fully saturated rings. The van der Waals surface area contributed by atoms with Crippen molar-refractivity contribution in [2.75, 3.05) is 5.75 Å². The van der Waals surface area contributed by atoms with Gasteiger partial charge in [0.2, 0.25) is 0 Å². The lowest BCUT2D eigenvalue weighted by Gasteiger charge is -2.02. The molecule has 0 nitrogen and oxygen atoms in total. The molecule has 0 bridgehead atoms. The third-order valence-corrected chi connectivity index (χ3v) is 3.59. The molecule has 0 aromatic heterocycles. The van der Waals surface area contributed by atoms with E-state index in [0.29, 0.717) is 0 Å². The molecule has 83 valence electrons. The number of aryl methyl sites for hydroxylation is 1. The predicted octanol–water partition coefficient (Wildman–Crippen LogP) is 4.74. The Morgan fingerprint density at radius 2 is 1.87 bits per heavy atom. The molecule has 1 rings (SSSR count). The van der Waals surface area contributed by atoms with Gasteiger partial charge in [-0.15, -0.1) is 11.8 Å². The summed E-state index contributed by atoms with van der Waals surface area (Å²) in [5.41, 5.74) is 1.43. The van der Waals surface area contributed by atoms with E-state index in [1.807, 2.05) is 11.8 Å². The molecule has 0 aliphatic rings. The zero-order valence-electron chi connectivity index (χ0n) is 9.83. The smallest absolute Gasteiger partial charge is 0.00721 e. The first-order valence-corrected chi connectivity index (χ1v) is 6.85. The van der Waals surface area contributed by atoms with Gasteiger partial charge in [0.05, 0.1) is 0 Å². The van der Waals surface area contributed by atoms with Crippen LogP contribution in [0.4, 0.5) is 0 Å². The van der Waals surface area contributed by atoms with E-state index < -0.39 is 0 Å². The largest absolute Gasteiger partial charge is 0.126 e. The van der Waals surface area contributed by atoms with Gasteiger partial charge in [-0.3, -0.25) is 0 Å². The second-order valence-electron chi connectivity index (χ2n) is 3.75. The second-order valence-corrected chi connectivity index (χ2v) is 4.92. The van der Waals surface area contributed by atoms with Gasteiger partial charge in [-0.25, -0.2) is 0 Å². The van der Waals surface area contributed by atoms with E-state index in [1.165, 1.54) is 35.5 Å². The van der Waals surface area contributed by atoms with E-state index in [0.717, 1.165) is 6.42 Å². The first-order valence-electron chi connectivity index (χ1n) is 5.86. The molecule has 0 unspecified atom stereocenters. The maximum absolute atomic E-state index is 2.25. The van der Waals surface area contributed by atoms with Crippen molar-refractivity contribution in [3.05, 3.63) is 36.2 Å². The maximum Gasteiger partial charge on any atom is 0.00721 e. The van der Waals surface area contributed by atoms with Crippen molar-refractivity contribution in [2.45, 2.75) is 44.4 Å². The van der Waals surface area contributed by atoms with Crippen LogP contribution in [0.5, 0.6) is 0 Å². The zero-order valence-corrected chi connectivity index (χ0v) is 10.6. The highest BCUT2D eigenvalue weighted by atomic mass is 32.2. The van der Waals surface area contributed by atoms with Crippen molar-refractivity contribution in [1.82, 2.24) is 0 Å². The quantitative estimate of drug-likeness (QED) is 0.473. The molecule has 1 radical (unpaired) electrons. The molecule has 0 aliphatic carbocycles. The summed E-state index contributed by atoms with van der Waals surface area (Å²) >= 11 is 1.98. The van der Waals surface area contributed by atoms with Gasteiger partial charge < -0.3 is 0 Å². The lowest BCUT2D eigenvalue weighted by molar-refractivity contribution is 0.791. The van der Waals surface area contributed by atoms with Crippen molar-refractivity contribution in [2.24, 2.45) is 0 Å². The summed E-state index contributed by atoms with van der Waals surface area (Å²) in [6, 6.07) is 8.97. The second kappa shape index (κ2) is 7.81. The molecular formula is C14H21S. The van der Waals surface area contributed by atoms with Crippen LogP contribution in [0.1, 0.15) is 38.7 Å². The average molecular weight is 221 g/mol. The summed E-state index contributed by atoms with van der Waals surface area (Å²) in [6.07, 6.45) is 7.30. The molecule has 0 spiro atoms. The molecule has 0 atom stereocenters. The van der Waals surface area contributed by atoms with Gasteiger partial charge >= 0.3 is 0 Å². The van der Waals surface area contributed by atoms with Gasteiger partial charge in [-0.05, 0) is 42.7 Å². The summed E-state index contributed by atoms with van der Waals surface area (Å²) in [4.78, 5) is 1.41. The molecular weight excluding hydrogens is 200 g/mol. The molecule has 1 aromatic carbocycles. The van der Waals surface area contributed by atoms with E-state index in [1.54, 1.807) is 0 Å². The fraction of sp³-hybridized carbons (Fsp3) is 0.500. The van der Waals surface area contributed by atoms with E-state index in [9.17, 15) is 0 Å². The number of benzene rings is 1. The molecule has 0 heterocycles. The van der Waals surface area contributed by atoms with Gasteiger partial charge in [0.15, 0.2) is 0 Å². The Labute approximate surface area is 98.5 Å². The highest BCUT2D eigenvalue weighted by Gasteiger charge is 1.94. The van der Waals surface area contributed by atoms with Crippen molar-refractivity contribution >= 4 is 11.8 Å². The first kappa shape index (κ1) is 12.6. The van der Waals surface area contributed by atoms with Crippen LogP contribution < -0.4 is 0 Å². The van der Waals surface area contributed by atoms with Crippen molar-refractivity contribution < 1.29 is 0 Å². The van der Waals surface area contributed by atoms with E-state index in [2.05, 4.69) is 44.5 Å². The molecule has 0 saturated heterocycles. The average Bonchev–Trinajstić information content (AvgIpc) is 2.30. The molecule has 0 N–H and O–H groups in total. The third kappa shape index (κ3) is 5.27. The fourth-order valence-corrected chi connectivity index (χ4v) is 2.37. The molecule has 1 heteroatoms. The lowest BCUT2D eigenvalue weighted by Crippen LogP contribution is -1.83. The molecule has 0 amide bonds. The monoisotopic (exact) mass is 221 g/mol. The van der Waals surface area contributed by atoms with Crippen LogP contribution in [0.2, 0.25) is 0 Å². The van der Waals surface area contributed by atoms with E-state index in [4.69, 9.17) is 0 Å². The zero-order chi connectivity index (χ0) is 10.9. The number of thioether (sulfide) groups is 1. The van der Waals surface area contributed by atoms with Crippen LogP contribution in [-0.4, -0.2) is 5.75 Å². The van der Waals surface area contributed by atoms with Crippen LogP contribution in [-0.2, 0) is 6.42 Å². The van der Waals surface area contributed by atoms with Gasteiger partial charge in [0.25, 0.3) is 0 Å². The van der Waals surface area contributed by atoms with E-state index in [-0.39, 0.29) is 0 Å². The standard InChI is InChI=1S/C14H21S/c1-3-5-6-7-12-15-14-10-8-13(4-2)9-11-14/h3,8-11H,4-7,12H2,1-2H3. The molecule has 15 heavy (non-hydrogen) atoms. The topological polar surface area (TPSA) is 0 Å². The highest BCUT2D eigenvalue weighted by molar-refractivity contribution is 7.99. The summed E-state index contributed by atoms with van der Waals surface area (Å²) in [7, 11) is 0. The lowest BCUT2D eigenvalue weighted by atomic mass is 10.2. The highest BCUT2D eigenvalue weighted by Crippen LogP contribution is 2.20. The SMILES string of the molecule is C[CH]CCCCSc1ccc(CC)cc1. The Morgan fingerprint density at radius 1 is 1.13 bits per heavy atom. The Morgan fingerprint density at radius 3 is 2.47 bits per heavy atom. The van der Waals surface area contributed by atoms with Gasteiger partial charge in [-0.2, -0.15) is 0 Å². The van der Waals surface area contributed by atoms with Crippen molar-refractivity contribution in [3.63, 3.8) is 0 Å². The summed E-state index contributed by atoms with van der Waals surface area (Å²) in [5, 5.41) is 0. The summed E-state index contributed by atoms with van der Waals surface area (Å²) < 4.78 is 0. The summed E-state index contributed by atoms with van der Waals surface area (Å²) in [5.74, 6) is 1.25. The van der Waals surface area contributed by atoms with Gasteiger partial charge in [0.1, 0.15) is 0 Å². The minimum atomic E-state index is 1.14. The predicted molar refractivity (Wildman–Crippen MR) is 70.4 cm³/mol.